The summed E-state index contributed by atoms with van der Waals surface area (Å²) in [5.74, 6) is 1.54. The zero-order valence-corrected chi connectivity index (χ0v) is 14.1. The van der Waals surface area contributed by atoms with E-state index in [2.05, 4.69) is 22.0 Å². The lowest BCUT2D eigenvalue weighted by atomic mass is 10.1. The van der Waals surface area contributed by atoms with Gasteiger partial charge in [-0.05, 0) is 35.7 Å². The first-order chi connectivity index (χ1) is 11.2. The summed E-state index contributed by atoms with van der Waals surface area (Å²) >= 11 is 3.54. The Morgan fingerprint density at radius 1 is 1.13 bits per heavy atom. The predicted octanol–water partition coefficient (Wildman–Crippen LogP) is 3.35. The van der Waals surface area contributed by atoms with Gasteiger partial charge in [0.15, 0.2) is 11.5 Å². The molecule has 2 aromatic carbocycles. The number of para-hydroxylation sites is 1. The SMILES string of the molecule is O=C(Cc1cc2c(cc1Br)OCCO2)N1CCc2ccccc21. The number of amides is 1. The lowest BCUT2D eigenvalue weighted by Crippen LogP contribution is -2.30. The molecule has 0 atom stereocenters. The summed E-state index contributed by atoms with van der Waals surface area (Å²) in [5, 5.41) is 0. The van der Waals surface area contributed by atoms with Crippen molar-refractivity contribution in [2.45, 2.75) is 12.8 Å². The number of fused-ring (bicyclic) bond motifs is 2. The third-order valence-electron chi connectivity index (χ3n) is 4.24. The third-order valence-corrected chi connectivity index (χ3v) is 4.98. The van der Waals surface area contributed by atoms with Gasteiger partial charge in [0.25, 0.3) is 0 Å². The Hall–Kier alpha value is -2.01. The van der Waals surface area contributed by atoms with Gasteiger partial charge in [-0.15, -0.1) is 0 Å². The molecule has 0 saturated heterocycles. The molecule has 1 amide bonds. The molecule has 2 aliphatic rings. The second kappa shape index (κ2) is 5.89. The maximum Gasteiger partial charge on any atom is 0.231 e. The van der Waals surface area contributed by atoms with Crippen molar-refractivity contribution in [2.24, 2.45) is 0 Å². The van der Waals surface area contributed by atoms with E-state index in [1.807, 2.05) is 35.2 Å². The lowest BCUT2D eigenvalue weighted by molar-refractivity contribution is -0.117. The molecule has 0 fully saturated rings. The van der Waals surface area contributed by atoms with Crippen molar-refractivity contribution in [1.82, 2.24) is 0 Å². The van der Waals surface area contributed by atoms with E-state index in [0.717, 1.165) is 34.4 Å². The molecule has 0 spiro atoms. The molecule has 4 rings (SSSR count). The van der Waals surface area contributed by atoms with Crippen molar-refractivity contribution >= 4 is 27.5 Å². The first-order valence-corrected chi connectivity index (χ1v) is 8.48. The van der Waals surface area contributed by atoms with E-state index in [4.69, 9.17) is 9.47 Å². The Morgan fingerprint density at radius 3 is 2.70 bits per heavy atom. The van der Waals surface area contributed by atoms with Crippen LogP contribution in [0.2, 0.25) is 0 Å². The van der Waals surface area contributed by atoms with E-state index in [9.17, 15) is 4.79 Å². The number of benzene rings is 2. The average molecular weight is 374 g/mol. The van der Waals surface area contributed by atoms with Gasteiger partial charge >= 0.3 is 0 Å². The van der Waals surface area contributed by atoms with Gasteiger partial charge in [-0.2, -0.15) is 0 Å². The molecule has 0 unspecified atom stereocenters. The van der Waals surface area contributed by atoms with E-state index >= 15 is 0 Å². The summed E-state index contributed by atoms with van der Waals surface area (Å²) in [4.78, 5) is 14.6. The normalized spacial score (nSPS) is 15.4. The summed E-state index contributed by atoms with van der Waals surface area (Å²) in [6.07, 6.45) is 1.26. The van der Waals surface area contributed by atoms with Crippen molar-refractivity contribution in [3.8, 4) is 11.5 Å². The van der Waals surface area contributed by atoms with Crippen LogP contribution in [-0.2, 0) is 17.6 Å². The van der Waals surface area contributed by atoms with Crippen LogP contribution in [0.1, 0.15) is 11.1 Å². The van der Waals surface area contributed by atoms with E-state index in [-0.39, 0.29) is 5.91 Å². The predicted molar refractivity (Wildman–Crippen MR) is 91.3 cm³/mol. The summed E-state index contributed by atoms with van der Waals surface area (Å²) in [6, 6.07) is 11.9. The molecule has 2 aliphatic heterocycles. The van der Waals surface area contributed by atoms with Crippen LogP contribution in [0, 0.1) is 0 Å². The molecule has 118 valence electrons. The molecular weight excluding hydrogens is 358 g/mol. The highest BCUT2D eigenvalue weighted by atomic mass is 79.9. The smallest absolute Gasteiger partial charge is 0.231 e. The highest BCUT2D eigenvalue weighted by molar-refractivity contribution is 9.10. The molecule has 23 heavy (non-hydrogen) atoms. The zero-order chi connectivity index (χ0) is 15.8. The van der Waals surface area contributed by atoms with Gasteiger partial charge in [0.05, 0.1) is 6.42 Å². The number of hydrogen-bond acceptors (Lipinski definition) is 3. The molecule has 0 radical (unpaired) electrons. The molecule has 0 bridgehead atoms. The Bertz CT molecular complexity index is 775. The standard InChI is InChI=1S/C18H16BrNO3/c19-14-11-17-16(22-7-8-23-17)9-13(14)10-18(21)20-6-5-12-3-1-2-4-15(12)20/h1-4,9,11H,5-8,10H2. The molecule has 2 aromatic rings. The van der Waals surface area contributed by atoms with Gasteiger partial charge in [0, 0.05) is 16.7 Å². The maximum atomic E-state index is 12.7. The van der Waals surface area contributed by atoms with Gasteiger partial charge in [-0.1, -0.05) is 34.1 Å². The molecule has 5 heteroatoms. The summed E-state index contributed by atoms with van der Waals surface area (Å²) < 4.78 is 12.0. The van der Waals surface area contributed by atoms with Crippen LogP contribution in [-0.4, -0.2) is 25.7 Å². The van der Waals surface area contributed by atoms with Crippen molar-refractivity contribution in [3.05, 3.63) is 52.0 Å². The number of halogens is 1. The quantitative estimate of drug-likeness (QED) is 0.809. The Labute approximate surface area is 143 Å². The van der Waals surface area contributed by atoms with Crippen LogP contribution < -0.4 is 14.4 Å². The minimum atomic E-state index is 0.104. The van der Waals surface area contributed by atoms with Gasteiger partial charge < -0.3 is 14.4 Å². The number of carbonyl (C=O) groups excluding carboxylic acids is 1. The third kappa shape index (κ3) is 2.70. The summed E-state index contributed by atoms with van der Waals surface area (Å²) in [6.45, 7) is 1.85. The first kappa shape index (κ1) is 14.6. The number of hydrogen-bond donors (Lipinski definition) is 0. The molecule has 4 nitrogen and oxygen atoms in total. The van der Waals surface area contributed by atoms with Crippen molar-refractivity contribution < 1.29 is 14.3 Å². The van der Waals surface area contributed by atoms with Crippen molar-refractivity contribution in [3.63, 3.8) is 0 Å². The van der Waals surface area contributed by atoms with Crippen molar-refractivity contribution in [2.75, 3.05) is 24.7 Å². The highest BCUT2D eigenvalue weighted by Crippen LogP contribution is 2.36. The highest BCUT2D eigenvalue weighted by Gasteiger charge is 2.25. The Kier molecular flexibility index (Phi) is 3.73. The van der Waals surface area contributed by atoms with Gasteiger partial charge in [-0.3, -0.25) is 4.79 Å². The van der Waals surface area contributed by atoms with E-state index in [1.54, 1.807) is 0 Å². The van der Waals surface area contributed by atoms with Crippen LogP contribution in [0.25, 0.3) is 0 Å². The zero-order valence-electron chi connectivity index (χ0n) is 12.5. The van der Waals surface area contributed by atoms with Gasteiger partial charge in [0.1, 0.15) is 13.2 Å². The largest absolute Gasteiger partial charge is 0.486 e. The van der Waals surface area contributed by atoms with Crippen LogP contribution in [0.3, 0.4) is 0 Å². The van der Waals surface area contributed by atoms with E-state index < -0.39 is 0 Å². The molecule has 0 N–H and O–H groups in total. The molecule has 0 aliphatic carbocycles. The van der Waals surface area contributed by atoms with Crippen LogP contribution in [0.4, 0.5) is 5.69 Å². The molecule has 2 heterocycles. The molecule has 0 saturated carbocycles. The number of nitrogens with zero attached hydrogens (tertiary/aromatic N) is 1. The van der Waals surface area contributed by atoms with Crippen LogP contribution in [0.15, 0.2) is 40.9 Å². The van der Waals surface area contributed by atoms with Gasteiger partial charge in [0.2, 0.25) is 5.91 Å². The fourth-order valence-corrected chi connectivity index (χ4v) is 3.56. The van der Waals surface area contributed by atoms with E-state index in [0.29, 0.717) is 25.4 Å². The topological polar surface area (TPSA) is 38.8 Å². The van der Waals surface area contributed by atoms with Crippen molar-refractivity contribution in [1.29, 1.82) is 0 Å². The number of ether oxygens (including phenoxy) is 2. The monoisotopic (exact) mass is 373 g/mol. The first-order valence-electron chi connectivity index (χ1n) is 7.68. The molecule has 0 aromatic heterocycles. The minimum absolute atomic E-state index is 0.104. The summed E-state index contributed by atoms with van der Waals surface area (Å²) in [7, 11) is 0. The fraction of sp³-hybridized carbons (Fsp3) is 0.278. The summed E-state index contributed by atoms with van der Waals surface area (Å²) in [5.41, 5.74) is 3.19. The number of anilines is 1. The number of carbonyl (C=O) groups is 1. The average Bonchev–Trinajstić information content (AvgIpc) is 2.99. The molecular formula is C18H16BrNO3. The van der Waals surface area contributed by atoms with Gasteiger partial charge in [-0.25, -0.2) is 0 Å². The second-order valence-corrected chi connectivity index (χ2v) is 6.54. The van der Waals surface area contributed by atoms with Crippen LogP contribution >= 0.6 is 15.9 Å². The maximum absolute atomic E-state index is 12.7. The van der Waals surface area contributed by atoms with Crippen LogP contribution in [0.5, 0.6) is 11.5 Å². The van der Waals surface area contributed by atoms with E-state index in [1.165, 1.54) is 5.56 Å². The Balaban J connectivity index is 1.58. The number of rotatable bonds is 2. The second-order valence-electron chi connectivity index (χ2n) is 5.69. The lowest BCUT2D eigenvalue weighted by Gasteiger charge is -2.21. The Morgan fingerprint density at radius 2 is 1.87 bits per heavy atom. The fourth-order valence-electron chi connectivity index (χ4n) is 3.10. The minimum Gasteiger partial charge on any atom is -0.486 e.